The van der Waals surface area contributed by atoms with Crippen molar-refractivity contribution < 1.29 is 49.5 Å². The molecule has 2 aromatic carbocycles. The maximum Gasteiger partial charge on any atom is 0.427 e. The van der Waals surface area contributed by atoms with Crippen LogP contribution in [0, 0.1) is 11.7 Å². The molecular formula is C27H33F7N2O4S. The third-order valence-electron chi connectivity index (χ3n) is 7.19. The Morgan fingerprint density at radius 2 is 1.78 bits per heavy atom. The third kappa shape index (κ3) is 8.11. The van der Waals surface area contributed by atoms with Gasteiger partial charge in [-0.3, -0.25) is 4.21 Å². The molecule has 0 spiro atoms. The lowest BCUT2D eigenvalue weighted by atomic mass is 9.83. The lowest BCUT2D eigenvalue weighted by Gasteiger charge is -2.35. The number of halogens is 7. The average molecular weight is 615 g/mol. The van der Waals surface area contributed by atoms with Crippen LogP contribution in [0.2, 0.25) is 0 Å². The maximum atomic E-state index is 14.6. The Morgan fingerprint density at radius 1 is 1.10 bits per heavy atom. The number of nitrogen functional groups attached to an aromatic ring is 1. The zero-order chi connectivity index (χ0) is 30.8. The number of hydrogen-bond donors (Lipinski definition) is 3. The molecule has 1 heterocycles. The summed E-state index contributed by atoms with van der Waals surface area (Å²) in [7, 11) is -0.355. The molecule has 5 atom stereocenters. The molecule has 230 valence electrons. The zero-order valence-corrected chi connectivity index (χ0v) is 23.4. The average Bonchev–Trinajstić information content (AvgIpc) is 2.86. The predicted octanol–water partition coefficient (Wildman–Crippen LogP) is 4.64. The molecule has 1 fully saturated rings. The van der Waals surface area contributed by atoms with Crippen LogP contribution in [0.3, 0.4) is 0 Å². The first-order valence-electron chi connectivity index (χ1n) is 12.7. The van der Waals surface area contributed by atoms with Gasteiger partial charge in [0.25, 0.3) is 0 Å². The van der Waals surface area contributed by atoms with Crippen LogP contribution in [-0.2, 0) is 33.9 Å². The van der Waals surface area contributed by atoms with Crippen molar-refractivity contribution in [3.63, 3.8) is 0 Å². The van der Waals surface area contributed by atoms with Crippen molar-refractivity contribution in [2.45, 2.75) is 62.8 Å². The van der Waals surface area contributed by atoms with E-state index in [1.54, 1.807) is 6.07 Å². The first-order chi connectivity index (χ1) is 18.9. The molecule has 1 saturated heterocycles. The monoisotopic (exact) mass is 614 g/mol. The van der Waals surface area contributed by atoms with E-state index in [2.05, 4.69) is 10.1 Å². The van der Waals surface area contributed by atoms with Gasteiger partial charge in [-0.1, -0.05) is 24.3 Å². The van der Waals surface area contributed by atoms with E-state index in [0.717, 1.165) is 33.1 Å². The molecule has 6 nitrogen and oxygen atoms in total. The summed E-state index contributed by atoms with van der Waals surface area (Å²) in [6.07, 6.45) is -12.8. The number of nitrogens with one attached hydrogen (secondary N) is 1. The SMILES string of the molecule is COC[C@@H](Oc1cc(C[C@@H]2C[S@@](=O)C[C@H](NCc3cccc(C(C)(C)C(F)(F)F)c3)[C@H]2O)cc(F)c1N)C(F)(F)F. The lowest BCUT2D eigenvalue weighted by molar-refractivity contribution is -0.206. The fourth-order valence-corrected chi connectivity index (χ4v) is 6.18. The molecule has 0 unspecified atom stereocenters. The largest absolute Gasteiger partial charge is 0.476 e. The predicted molar refractivity (Wildman–Crippen MR) is 140 cm³/mol. The molecule has 41 heavy (non-hydrogen) atoms. The fourth-order valence-electron chi connectivity index (χ4n) is 4.54. The summed E-state index contributed by atoms with van der Waals surface area (Å²) < 4.78 is 117. The second-order valence-corrected chi connectivity index (χ2v) is 12.2. The van der Waals surface area contributed by atoms with Crippen LogP contribution in [-0.4, -0.2) is 65.1 Å². The molecule has 0 aliphatic carbocycles. The van der Waals surface area contributed by atoms with Gasteiger partial charge in [-0.2, -0.15) is 26.3 Å². The highest BCUT2D eigenvalue weighted by Gasteiger charge is 2.48. The van der Waals surface area contributed by atoms with Gasteiger partial charge in [0.2, 0.25) is 6.10 Å². The molecule has 0 amide bonds. The molecule has 14 heteroatoms. The van der Waals surface area contributed by atoms with Crippen molar-refractivity contribution in [2.75, 3.05) is 31.0 Å². The topological polar surface area (TPSA) is 93.8 Å². The quantitative estimate of drug-likeness (QED) is 0.267. The van der Waals surface area contributed by atoms with Crippen molar-refractivity contribution >= 4 is 16.5 Å². The summed E-state index contributed by atoms with van der Waals surface area (Å²) in [5.41, 5.74) is 3.68. The van der Waals surface area contributed by atoms with Crippen LogP contribution >= 0.6 is 0 Å². The molecule has 0 aromatic heterocycles. The van der Waals surface area contributed by atoms with E-state index in [-0.39, 0.29) is 35.6 Å². The lowest BCUT2D eigenvalue weighted by Crippen LogP contribution is -2.53. The molecule has 1 aliphatic rings. The number of anilines is 1. The first kappa shape index (κ1) is 33.1. The second kappa shape index (κ2) is 12.8. The van der Waals surface area contributed by atoms with Crippen molar-refractivity contribution in [3.8, 4) is 5.75 Å². The molecule has 2 aromatic rings. The van der Waals surface area contributed by atoms with Gasteiger partial charge in [-0.15, -0.1) is 0 Å². The van der Waals surface area contributed by atoms with E-state index in [1.165, 1.54) is 18.2 Å². The zero-order valence-electron chi connectivity index (χ0n) is 22.6. The van der Waals surface area contributed by atoms with Crippen molar-refractivity contribution in [1.29, 1.82) is 0 Å². The number of aliphatic hydroxyl groups excluding tert-OH is 1. The molecule has 3 rings (SSSR count). The summed E-state index contributed by atoms with van der Waals surface area (Å²) in [5, 5.41) is 14.1. The normalized spacial score (nSPS) is 22.9. The minimum absolute atomic E-state index is 0.0468. The van der Waals surface area contributed by atoms with Gasteiger partial charge < -0.3 is 25.6 Å². The van der Waals surface area contributed by atoms with Crippen molar-refractivity contribution in [1.82, 2.24) is 5.32 Å². The first-order valence-corrected chi connectivity index (χ1v) is 14.2. The minimum atomic E-state index is -4.81. The maximum absolute atomic E-state index is 14.6. The molecular weight excluding hydrogens is 581 g/mol. The molecule has 0 saturated carbocycles. The van der Waals surface area contributed by atoms with Crippen LogP contribution in [0.15, 0.2) is 36.4 Å². The molecule has 4 N–H and O–H groups in total. The number of ether oxygens (including phenoxy) is 2. The van der Waals surface area contributed by atoms with E-state index >= 15 is 0 Å². The van der Waals surface area contributed by atoms with Gasteiger partial charge in [0.15, 0.2) is 0 Å². The standard InChI is InChI=1S/C27H33F7N2O4S/c1-25(2,27(32,33)34)18-6-4-5-15(8-18)11-36-20-14-41(38)13-17(24(20)37)7-16-9-19(28)23(35)21(10-16)40-22(12-39-3)26(29,30)31/h4-6,8-10,17,20,22,24,36-37H,7,11-14,35H2,1-3H3/t17-,20+,22-,24+,41-/m1/s1. The highest BCUT2D eigenvalue weighted by molar-refractivity contribution is 7.85. The number of hydrogen-bond acceptors (Lipinski definition) is 6. The Morgan fingerprint density at radius 3 is 2.39 bits per heavy atom. The number of aliphatic hydroxyl groups is 1. The van der Waals surface area contributed by atoms with Gasteiger partial charge >= 0.3 is 12.4 Å². The molecule has 0 radical (unpaired) electrons. The summed E-state index contributed by atoms with van der Waals surface area (Å²) in [6.45, 7) is 1.39. The van der Waals surface area contributed by atoms with Gasteiger partial charge in [-0.25, -0.2) is 4.39 Å². The Bertz CT molecular complexity index is 1220. The van der Waals surface area contributed by atoms with Crippen LogP contribution < -0.4 is 15.8 Å². The number of benzene rings is 2. The number of nitrogens with two attached hydrogens (primary N) is 1. The van der Waals surface area contributed by atoms with Gasteiger partial charge in [-0.05, 0) is 49.1 Å². The van der Waals surface area contributed by atoms with Crippen LogP contribution in [0.25, 0.3) is 0 Å². The fraction of sp³-hybridized carbons (Fsp3) is 0.556. The highest BCUT2D eigenvalue weighted by Crippen LogP contribution is 2.40. The van der Waals surface area contributed by atoms with Crippen molar-refractivity contribution in [3.05, 3.63) is 58.9 Å². The van der Waals surface area contributed by atoms with E-state index in [1.807, 2.05) is 0 Å². The van der Waals surface area contributed by atoms with E-state index in [0.29, 0.717) is 5.56 Å². The third-order valence-corrected chi connectivity index (χ3v) is 8.72. The van der Waals surface area contributed by atoms with Gasteiger partial charge in [0, 0.05) is 47.9 Å². The molecule has 1 aliphatic heterocycles. The van der Waals surface area contributed by atoms with E-state index in [4.69, 9.17) is 10.5 Å². The van der Waals surface area contributed by atoms with E-state index in [9.17, 15) is 40.0 Å². The van der Waals surface area contributed by atoms with Crippen LogP contribution in [0.5, 0.6) is 5.75 Å². The summed E-state index contributed by atoms with van der Waals surface area (Å²) in [6, 6.07) is 7.38. The number of methoxy groups -OCH3 is 1. The van der Waals surface area contributed by atoms with Crippen LogP contribution in [0.1, 0.15) is 30.5 Å². The Balaban J connectivity index is 1.75. The van der Waals surface area contributed by atoms with Crippen LogP contribution in [0.4, 0.5) is 36.4 Å². The number of rotatable bonds is 10. The van der Waals surface area contributed by atoms with Gasteiger partial charge in [0.1, 0.15) is 17.3 Å². The highest BCUT2D eigenvalue weighted by atomic mass is 32.2. The Kier molecular flexibility index (Phi) is 10.4. The smallest absolute Gasteiger partial charge is 0.427 e. The Hall–Kier alpha value is -2.42. The summed E-state index contributed by atoms with van der Waals surface area (Å²) in [4.78, 5) is 0. The number of alkyl halides is 6. The summed E-state index contributed by atoms with van der Waals surface area (Å²) >= 11 is 0. The molecule has 0 bridgehead atoms. The second-order valence-electron chi connectivity index (χ2n) is 10.6. The minimum Gasteiger partial charge on any atom is -0.476 e. The van der Waals surface area contributed by atoms with Crippen molar-refractivity contribution in [2.24, 2.45) is 5.92 Å². The van der Waals surface area contributed by atoms with Gasteiger partial charge in [0.05, 0.1) is 18.1 Å². The van der Waals surface area contributed by atoms with E-state index < -0.39 is 76.6 Å². The Labute approximate surface area is 235 Å². The summed E-state index contributed by atoms with van der Waals surface area (Å²) in [5.74, 6) is -2.11.